The van der Waals surface area contributed by atoms with Crippen molar-refractivity contribution in [2.24, 2.45) is 0 Å². The van der Waals surface area contributed by atoms with Crippen LogP contribution in [0.4, 0.5) is 0 Å². The SMILES string of the molecule is [CH]c1cc(OC)ccc1Cl. The van der Waals surface area contributed by atoms with Gasteiger partial charge in [-0.15, -0.1) is 0 Å². The largest absolute Gasteiger partial charge is 0.497 e. The molecular weight excluding hydrogens is 148 g/mol. The molecule has 1 aromatic carbocycles. The van der Waals surface area contributed by atoms with E-state index >= 15 is 0 Å². The Kier molecular flexibility index (Phi) is 2.17. The molecule has 0 fully saturated rings. The zero-order valence-corrected chi connectivity index (χ0v) is 6.35. The first kappa shape index (κ1) is 7.42. The van der Waals surface area contributed by atoms with E-state index in [-0.39, 0.29) is 0 Å². The Labute approximate surface area is 65.6 Å². The summed E-state index contributed by atoms with van der Waals surface area (Å²) in [6.07, 6.45) is 0. The van der Waals surface area contributed by atoms with Crippen LogP contribution < -0.4 is 4.74 Å². The first-order valence-corrected chi connectivity index (χ1v) is 3.21. The average Bonchev–Trinajstić information content (AvgIpc) is 1.95. The van der Waals surface area contributed by atoms with Crippen molar-refractivity contribution in [2.45, 2.75) is 0 Å². The molecule has 0 spiro atoms. The second-order valence-corrected chi connectivity index (χ2v) is 2.29. The molecule has 0 unspecified atom stereocenters. The highest BCUT2D eigenvalue weighted by molar-refractivity contribution is 6.31. The predicted molar refractivity (Wildman–Crippen MR) is 41.4 cm³/mol. The van der Waals surface area contributed by atoms with Gasteiger partial charge in [0.25, 0.3) is 0 Å². The van der Waals surface area contributed by atoms with E-state index in [1.807, 2.05) is 0 Å². The maximum Gasteiger partial charge on any atom is 0.119 e. The normalized spacial score (nSPS) is 9.50. The third-order valence-corrected chi connectivity index (χ3v) is 1.55. The third kappa shape index (κ3) is 1.42. The molecule has 52 valence electrons. The molecule has 2 heteroatoms. The molecule has 1 aromatic rings. The smallest absolute Gasteiger partial charge is 0.119 e. The average molecular weight is 155 g/mol. The fraction of sp³-hybridized carbons (Fsp3) is 0.125. The van der Waals surface area contributed by atoms with Crippen molar-refractivity contribution >= 4 is 11.6 Å². The lowest BCUT2D eigenvalue weighted by atomic mass is 10.2. The van der Waals surface area contributed by atoms with Crippen LogP contribution in [0.15, 0.2) is 18.2 Å². The van der Waals surface area contributed by atoms with Crippen molar-refractivity contribution in [2.75, 3.05) is 7.11 Å². The van der Waals surface area contributed by atoms with Gasteiger partial charge in [-0.25, -0.2) is 0 Å². The molecule has 1 rings (SSSR count). The minimum absolute atomic E-state index is 0.543. The fourth-order valence-corrected chi connectivity index (χ4v) is 0.766. The van der Waals surface area contributed by atoms with E-state index in [2.05, 4.69) is 0 Å². The van der Waals surface area contributed by atoms with Crippen LogP contribution in [0.1, 0.15) is 5.56 Å². The van der Waals surface area contributed by atoms with Crippen LogP contribution in [0, 0.1) is 6.92 Å². The van der Waals surface area contributed by atoms with Crippen LogP contribution in [0.5, 0.6) is 5.75 Å². The van der Waals surface area contributed by atoms with Crippen LogP contribution in [0.3, 0.4) is 0 Å². The summed E-state index contributed by atoms with van der Waals surface area (Å²) in [6.45, 7) is 5.48. The first-order valence-electron chi connectivity index (χ1n) is 2.83. The Balaban J connectivity index is 3.04. The van der Waals surface area contributed by atoms with Gasteiger partial charge in [-0.2, -0.15) is 0 Å². The number of methoxy groups -OCH3 is 1. The van der Waals surface area contributed by atoms with Crippen molar-refractivity contribution < 1.29 is 4.74 Å². The molecular formula is C8H7ClO. The van der Waals surface area contributed by atoms with E-state index in [0.717, 1.165) is 5.75 Å². The maximum atomic E-state index is 5.66. The summed E-state index contributed by atoms with van der Waals surface area (Å²) in [5.41, 5.74) is 0.543. The molecule has 0 aromatic heterocycles. The molecule has 10 heavy (non-hydrogen) atoms. The van der Waals surface area contributed by atoms with Gasteiger partial charge in [0.15, 0.2) is 0 Å². The Bertz CT molecular complexity index is 233. The van der Waals surface area contributed by atoms with E-state index in [1.54, 1.807) is 25.3 Å². The first-order chi connectivity index (χ1) is 4.74. The highest BCUT2D eigenvalue weighted by atomic mass is 35.5. The minimum Gasteiger partial charge on any atom is -0.497 e. The number of hydrogen-bond donors (Lipinski definition) is 0. The van der Waals surface area contributed by atoms with Crippen molar-refractivity contribution in [3.05, 3.63) is 35.7 Å². The summed E-state index contributed by atoms with van der Waals surface area (Å²) in [7, 11) is 1.59. The maximum absolute atomic E-state index is 5.66. The van der Waals surface area contributed by atoms with E-state index in [1.165, 1.54) is 0 Å². The Morgan fingerprint density at radius 1 is 1.50 bits per heavy atom. The Morgan fingerprint density at radius 2 is 2.20 bits per heavy atom. The van der Waals surface area contributed by atoms with Crippen LogP contribution in [-0.2, 0) is 0 Å². The summed E-state index contributed by atoms with van der Waals surface area (Å²) < 4.78 is 4.91. The zero-order chi connectivity index (χ0) is 7.56. The molecule has 0 saturated heterocycles. The molecule has 0 bridgehead atoms. The lowest BCUT2D eigenvalue weighted by Gasteiger charge is -2.00. The molecule has 1 nitrogen and oxygen atoms in total. The molecule has 0 aliphatic carbocycles. The third-order valence-electron chi connectivity index (χ3n) is 1.20. The highest BCUT2D eigenvalue weighted by Gasteiger charge is 1.95. The fourth-order valence-electron chi connectivity index (χ4n) is 0.649. The predicted octanol–water partition coefficient (Wildman–Crippen LogP) is 2.41. The molecule has 0 amide bonds. The van der Waals surface area contributed by atoms with Gasteiger partial charge < -0.3 is 4.74 Å². The second kappa shape index (κ2) is 2.93. The summed E-state index contributed by atoms with van der Waals surface area (Å²) in [5.74, 6) is 0.724. The summed E-state index contributed by atoms with van der Waals surface area (Å²) in [5, 5.41) is 0.556. The van der Waals surface area contributed by atoms with Gasteiger partial charge in [0.1, 0.15) is 5.75 Å². The van der Waals surface area contributed by atoms with Gasteiger partial charge in [-0.1, -0.05) is 11.6 Å². The lowest BCUT2D eigenvalue weighted by molar-refractivity contribution is 0.414. The summed E-state index contributed by atoms with van der Waals surface area (Å²) in [6, 6.07) is 5.15. The van der Waals surface area contributed by atoms with Crippen LogP contribution in [-0.4, -0.2) is 7.11 Å². The topological polar surface area (TPSA) is 9.23 Å². The molecule has 0 aliphatic rings. The standard InChI is InChI=1S/C8H7ClO/c1-6-5-7(10-2)3-4-8(6)9/h1,3-5H,2H3. The van der Waals surface area contributed by atoms with Gasteiger partial charge in [-0.05, 0) is 23.8 Å². The van der Waals surface area contributed by atoms with Crippen molar-refractivity contribution in [3.63, 3.8) is 0 Å². The molecule has 0 atom stereocenters. The molecule has 2 radical (unpaired) electrons. The number of ether oxygens (including phenoxy) is 1. The highest BCUT2D eigenvalue weighted by Crippen LogP contribution is 2.20. The van der Waals surface area contributed by atoms with Crippen LogP contribution in [0.2, 0.25) is 5.02 Å². The summed E-state index contributed by atoms with van der Waals surface area (Å²) in [4.78, 5) is 0. The van der Waals surface area contributed by atoms with E-state index in [4.69, 9.17) is 23.3 Å². The van der Waals surface area contributed by atoms with E-state index < -0.39 is 0 Å². The molecule has 0 aliphatic heterocycles. The second-order valence-electron chi connectivity index (χ2n) is 1.89. The van der Waals surface area contributed by atoms with Crippen molar-refractivity contribution in [1.29, 1.82) is 0 Å². The lowest BCUT2D eigenvalue weighted by Crippen LogP contribution is -1.82. The quantitative estimate of drug-likeness (QED) is 0.604. The van der Waals surface area contributed by atoms with Crippen LogP contribution >= 0.6 is 11.6 Å². The number of benzene rings is 1. The van der Waals surface area contributed by atoms with Crippen LogP contribution in [0.25, 0.3) is 0 Å². The Hall–Kier alpha value is -0.690. The molecule has 0 saturated carbocycles. The molecule has 0 N–H and O–H groups in total. The van der Waals surface area contributed by atoms with Gasteiger partial charge >= 0.3 is 0 Å². The number of rotatable bonds is 1. The van der Waals surface area contributed by atoms with Crippen molar-refractivity contribution in [1.82, 2.24) is 0 Å². The zero-order valence-electron chi connectivity index (χ0n) is 5.60. The van der Waals surface area contributed by atoms with E-state index in [0.29, 0.717) is 10.6 Å². The minimum atomic E-state index is 0.543. The molecule has 0 heterocycles. The summed E-state index contributed by atoms with van der Waals surface area (Å²) >= 11 is 5.66. The Morgan fingerprint density at radius 3 is 2.70 bits per heavy atom. The van der Waals surface area contributed by atoms with Gasteiger partial charge in [-0.3, -0.25) is 0 Å². The number of hydrogen-bond acceptors (Lipinski definition) is 1. The van der Waals surface area contributed by atoms with Gasteiger partial charge in [0, 0.05) is 11.9 Å². The monoisotopic (exact) mass is 154 g/mol. The van der Waals surface area contributed by atoms with Gasteiger partial charge in [0.05, 0.1) is 7.11 Å². The number of halogens is 1. The van der Waals surface area contributed by atoms with Crippen molar-refractivity contribution in [3.8, 4) is 5.75 Å². The van der Waals surface area contributed by atoms with E-state index in [9.17, 15) is 0 Å². The van der Waals surface area contributed by atoms with Gasteiger partial charge in [0.2, 0.25) is 0 Å².